The van der Waals surface area contributed by atoms with E-state index < -0.39 is 0 Å². The molecule has 0 amide bonds. The molecule has 7 nitrogen and oxygen atoms in total. The molecule has 3 aromatic carbocycles. The fourth-order valence-electron chi connectivity index (χ4n) is 3.08. The lowest BCUT2D eigenvalue weighted by atomic mass is 10.1. The highest BCUT2D eigenvalue weighted by atomic mass is 16.5. The number of nitrogens with zero attached hydrogens (tertiary/aromatic N) is 3. The molecule has 0 saturated heterocycles. The van der Waals surface area contributed by atoms with Gasteiger partial charge in [0.05, 0.1) is 40.3 Å². The number of rotatable bonds is 5. The van der Waals surface area contributed by atoms with Crippen LogP contribution in [0.2, 0.25) is 0 Å². The molecule has 0 fully saturated rings. The van der Waals surface area contributed by atoms with Gasteiger partial charge in [0, 0.05) is 10.8 Å². The fourth-order valence-corrected chi connectivity index (χ4v) is 3.08. The Bertz CT molecular complexity index is 1270. The van der Waals surface area contributed by atoms with Crippen LogP contribution in [0.5, 0.6) is 11.5 Å². The monoisotopic (exact) mass is 386 g/mol. The zero-order valence-corrected chi connectivity index (χ0v) is 15.7. The quantitative estimate of drug-likeness (QED) is 0.275. The van der Waals surface area contributed by atoms with E-state index in [0.717, 1.165) is 22.0 Å². The van der Waals surface area contributed by atoms with Gasteiger partial charge in [-0.2, -0.15) is 10.2 Å². The number of aldehydes is 1. The summed E-state index contributed by atoms with van der Waals surface area (Å²) < 4.78 is 5.55. The molecule has 3 N–H and O–H groups in total. The summed E-state index contributed by atoms with van der Waals surface area (Å²) in [7, 11) is 0. The fraction of sp³-hybridized carbons (Fsp3) is 0.0909. The van der Waals surface area contributed by atoms with E-state index in [1.165, 1.54) is 12.1 Å². The number of anilines is 1. The molecule has 0 radical (unpaired) electrons. The zero-order valence-electron chi connectivity index (χ0n) is 15.7. The van der Waals surface area contributed by atoms with Crippen LogP contribution in [-0.2, 0) is 0 Å². The lowest BCUT2D eigenvalue weighted by Gasteiger charge is -2.09. The predicted molar refractivity (Wildman–Crippen MR) is 113 cm³/mol. The summed E-state index contributed by atoms with van der Waals surface area (Å²) >= 11 is 0. The molecule has 0 atom stereocenters. The first-order chi connectivity index (χ1) is 14.1. The number of nitrogens with two attached hydrogens (primary N) is 1. The van der Waals surface area contributed by atoms with Crippen LogP contribution in [-0.4, -0.2) is 23.0 Å². The number of carbonyl (C=O) groups excluding carboxylic acids is 1. The van der Waals surface area contributed by atoms with Gasteiger partial charge in [0.1, 0.15) is 11.5 Å². The van der Waals surface area contributed by atoms with Crippen LogP contribution in [0, 0.1) is 0 Å². The minimum atomic E-state index is -0.0938. The van der Waals surface area contributed by atoms with Crippen LogP contribution >= 0.6 is 0 Å². The maximum absolute atomic E-state index is 10.9. The van der Waals surface area contributed by atoms with Crippen molar-refractivity contribution in [3.05, 3.63) is 60.2 Å². The summed E-state index contributed by atoms with van der Waals surface area (Å²) in [6, 6.07) is 15.5. The van der Waals surface area contributed by atoms with E-state index >= 15 is 0 Å². The number of aromatic nitrogens is 1. The van der Waals surface area contributed by atoms with E-state index in [-0.39, 0.29) is 11.3 Å². The Morgan fingerprint density at radius 1 is 1.00 bits per heavy atom. The average molecular weight is 386 g/mol. The Balaban J connectivity index is 1.73. The van der Waals surface area contributed by atoms with Crippen molar-refractivity contribution in [1.29, 1.82) is 0 Å². The van der Waals surface area contributed by atoms with Gasteiger partial charge in [0.2, 0.25) is 0 Å². The number of benzene rings is 3. The number of phenolic OH excluding ortho intramolecular Hbond substituents is 1. The molecule has 0 unspecified atom stereocenters. The smallest absolute Gasteiger partial charge is 0.153 e. The van der Waals surface area contributed by atoms with Gasteiger partial charge in [0.15, 0.2) is 6.29 Å². The Hall–Kier alpha value is -4.00. The number of ether oxygens (including phenoxy) is 1. The van der Waals surface area contributed by atoms with Gasteiger partial charge in [-0.05, 0) is 61.5 Å². The number of pyridine rings is 1. The van der Waals surface area contributed by atoms with Crippen LogP contribution in [0.25, 0.3) is 21.8 Å². The maximum Gasteiger partial charge on any atom is 0.153 e. The molecule has 1 heterocycles. The SMILES string of the molecule is CCOc1ccc2nc3cc(N=Nc4ccc(O)c(C=O)c4)ccc3c(N)c2c1. The highest BCUT2D eigenvalue weighted by Gasteiger charge is 2.09. The van der Waals surface area contributed by atoms with Gasteiger partial charge in [-0.15, -0.1) is 0 Å². The zero-order chi connectivity index (χ0) is 20.4. The molecule has 0 spiro atoms. The molecule has 4 rings (SSSR count). The molecule has 0 aliphatic heterocycles. The van der Waals surface area contributed by atoms with E-state index in [1.54, 1.807) is 18.2 Å². The maximum atomic E-state index is 10.9. The van der Waals surface area contributed by atoms with Crippen LogP contribution in [0.3, 0.4) is 0 Å². The lowest BCUT2D eigenvalue weighted by Crippen LogP contribution is -1.95. The first-order valence-electron chi connectivity index (χ1n) is 9.05. The number of fused-ring (bicyclic) bond motifs is 2. The van der Waals surface area contributed by atoms with Crippen molar-refractivity contribution < 1.29 is 14.6 Å². The summed E-state index contributed by atoms with van der Waals surface area (Å²) in [6.07, 6.45) is 0.569. The summed E-state index contributed by atoms with van der Waals surface area (Å²) in [5.74, 6) is 0.658. The molecule has 4 aromatic rings. The van der Waals surface area contributed by atoms with Crippen molar-refractivity contribution >= 4 is 45.2 Å². The van der Waals surface area contributed by atoms with Gasteiger partial charge in [-0.3, -0.25) is 4.79 Å². The minimum Gasteiger partial charge on any atom is -0.507 e. The number of aromatic hydroxyl groups is 1. The molecular formula is C22H18N4O3. The number of phenols is 1. The van der Waals surface area contributed by atoms with Gasteiger partial charge in [-0.25, -0.2) is 4.98 Å². The van der Waals surface area contributed by atoms with E-state index in [4.69, 9.17) is 10.5 Å². The second kappa shape index (κ2) is 7.55. The normalized spacial score (nSPS) is 11.3. The van der Waals surface area contributed by atoms with Crippen LogP contribution in [0.1, 0.15) is 17.3 Å². The van der Waals surface area contributed by atoms with E-state index in [0.29, 0.717) is 35.5 Å². The molecule has 29 heavy (non-hydrogen) atoms. The Morgan fingerprint density at radius 2 is 1.76 bits per heavy atom. The number of azo groups is 1. The number of nitrogen functional groups attached to an aromatic ring is 1. The number of carbonyl (C=O) groups is 1. The standard InChI is InChI=1S/C22H18N4O3/c1-2-29-16-5-7-19-18(11-16)22(23)17-6-3-15(10-20(17)24-19)26-25-14-4-8-21(28)13(9-14)12-27/h3-12,28H,2H2,1H3,(H2,23,24). The van der Waals surface area contributed by atoms with Crippen LogP contribution in [0.15, 0.2) is 64.8 Å². The molecule has 0 bridgehead atoms. The topological polar surface area (TPSA) is 110 Å². The van der Waals surface area contributed by atoms with Crippen LogP contribution < -0.4 is 10.5 Å². The van der Waals surface area contributed by atoms with Crippen molar-refractivity contribution in [2.45, 2.75) is 6.92 Å². The van der Waals surface area contributed by atoms with Gasteiger partial charge in [-0.1, -0.05) is 0 Å². The average Bonchev–Trinajstić information content (AvgIpc) is 2.74. The van der Waals surface area contributed by atoms with Crippen molar-refractivity contribution in [1.82, 2.24) is 4.98 Å². The summed E-state index contributed by atoms with van der Waals surface area (Å²) in [5.41, 5.74) is 9.68. The van der Waals surface area contributed by atoms with E-state index in [1.807, 2.05) is 31.2 Å². The van der Waals surface area contributed by atoms with Crippen molar-refractivity contribution in [3.63, 3.8) is 0 Å². The third-order valence-corrected chi connectivity index (χ3v) is 4.50. The number of hydrogen-bond acceptors (Lipinski definition) is 7. The van der Waals surface area contributed by atoms with Crippen molar-refractivity contribution in [3.8, 4) is 11.5 Å². The third kappa shape index (κ3) is 3.58. The van der Waals surface area contributed by atoms with Gasteiger partial charge in [0.25, 0.3) is 0 Å². The summed E-state index contributed by atoms with van der Waals surface area (Å²) in [6.45, 7) is 2.51. The second-order valence-electron chi connectivity index (χ2n) is 6.40. The van der Waals surface area contributed by atoms with E-state index in [9.17, 15) is 9.90 Å². The second-order valence-corrected chi connectivity index (χ2v) is 6.40. The molecule has 144 valence electrons. The lowest BCUT2D eigenvalue weighted by molar-refractivity contribution is 0.112. The third-order valence-electron chi connectivity index (χ3n) is 4.50. The van der Waals surface area contributed by atoms with Crippen molar-refractivity contribution in [2.75, 3.05) is 12.3 Å². The minimum absolute atomic E-state index is 0.0938. The predicted octanol–water partition coefficient (Wildman–Crippen LogP) is 5.30. The highest BCUT2D eigenvalue weighted by molar-refractivity contribution is 6.07. The first kappa shape index (κ1) is 18.4. The Labute approximate surface area is 166 Å². The van der Waals surface area contributed by atoms with E-state index in [2.05, 4.69) is 15.2 Å². The molecule has 0 aliphatic rings. The van der Waals surface area contributed by atoms with Crippen LogP contribution in [0.4, 0.5) is 17.1 Å². The van der Waals surface area contributed by atoms with Gasteiger partial charge >= 0.3 is 0 Å². The Kier molecular flexibility index (Phi) is 4.78. The van der Waals surface area contributed by atoms with Gasteiger partial charge < -0.3 is 15.6 Å². The molecule has 7 heteroatoms. The molecule has 0 saturated carbocycles. The molecular weight excluding hydrogens is 368 g/mol. The first-order valence-corrected chi connectivity index (χ1v) is 9.05. The summed E-state index contributed by atoms with van der Waals surface area (Å²) in [4.78, 5) is 15.6. The Morgan fingerprint density at radius 3 is 2.52 bits per heavy atom. The highest BCUT2D eigenvalue weighted by Crippen LogP contribution is 2.33. The molecule has 0 aliphatic carbocycles. The van der Waals surface area contributed by atoms with Crippen molar-refractivity contribution in [2.24, 2.45) is 10.2 Å². The molecule has 1 aromatic heterocycles. The number of hydrogen-bond donors (Lipinski definition) is 2. The largest absolute Gasteiger partial charge is 0.507 e. The summed E-state index contributed by atoms with van der Waals surface area (Å²) in [5, 5.41) is 19.6.